The monoisotopic (exact) mass is 431 g/mol. The van der Waals surface area contributed by atoms with Crippen molar-refractivity contribution < 1.29 is 18.8 Å². The molecule has 6 nitrogen and oxygen atoms in total. The summed E-state index contributed by atoms with van der Waals surface area (Å²) in [5.74, 6) is 0.101. The highest BCUT2D eigenvalue weighted by Crippen LogP contribution is 2.33. The van der Waals surface area contributed by atoms with Crippen LogP contribution < -0.4 is 4.74 Å². The molecule has 0 spiro atoms. The molecule has 1 atom stereocenters. The minimum atomic E-state index is -0.330. The van der Waals surface area contributed by atoms with Crippen molar-refractivity contribution in [3.63, 3.8) is 0 Å². The largest absolute Gasteiger partial charge is 0.497 e. The van der Waals surface area contributed by atoms with E-state index in [-0.39, 0.29) is 24.4 Å². The first-order valence-corrected chi connectivity index (χ1v) is 10.1. The third-order valence-electron chi connectivity index (χ3n) is 5.11. The summed E-state index contributed by atoms with van der Waals surface area (Å²) in [5, 5.41) is 9.88. The highest BCUT2D eigenvalue weighted by atomic mass is 19.1. The van der Waals surface area contributed by atoms with Gasteiger partial charge in [-0.1, -0.05) is 59.8 Å². The van der Waals surface area contributed by atoms with Crippen LogP contribution in [0.1, 0.15) is 29.2 Å². The molecule has 1 amide bonds. The fraction of sp³-hybridized carbons (Fsp3) is 0.160. The summed E-state index contributed by atoms with van der Waals surface area (Å²) in [6, 6.07) is 22.9. The fourth-order valence-electron chi connectivity index (χ4n) is 3.44. The molecular formula is C25H22FN3O3. The Bertz CT molecular complexity index is 1110. The zero-order chi connectivity index (χ0) is 22.3. The first-order chi connectivity index (χ1) is 15.6. The molecular weight excluding hydrogens is 409 g/mol. The van der Waals surface area contributed by atoms with E-state index in [1.807, 2.05) is 54.6 Å². The predicted octanol–water partition coefficient (Wildman–Crippen LogP) is 4.56. The topological polar surface area (TPSA) is 63.5 Å². The zero-order valence-electron chi connectivity index (χ0n) is 17.5. The minimum absolute atomic E-state index is 0.256. The van der Waals surface area contributed by atoms with Crippen LogP contribution in [0.15, 0.2) is 89.1 Å². The van der Waals surface area contributed by atoms with Crippen LogP contribution >= 0.6 is 0 Å². The number of hydrogen-bond donors (Lipinski definition) is 0. The van der Waals surface area contributed by atoms with E-state index in [9.17, 15) is 9.18 Å². The smallest absolute Gasteiger partial charge is 0.283 e. The van der Waals surface area contributed by atoms with Gasteiger partial charge in [-0.2, -0.15) is 5.10 Å². The molecule has 32 heavy (non-hydrogen) atoms. The number of methoxy groups -OCH3 is 1. The fourth-order valence-corrected chi connectivity index (χ4v) is 3.44. The number of carbonyl (C=O) groups excluding carboxylic acids is 1. The van der Waals surface area contributed by atoms with Crippen LogP contribution in [0.5, 0.6) is 5.75 Å². The van der Waals surface area contributed by atoms with Crippen molar-refractivity contribution in [3.8, 4) is 5.75 Å². The van der Waals surface area contributed by atoms with Crippen molar-refractivity contribution in [2.45, 2.75) is 12.5 Å². The lowest BCUT2D eigenvalue weighted by atomic mass is 9.98. The highest BCUT2D eigenvalue weighted by Gasteiger charge is 2.33. The molecule has 0 bridgehead atoms. The van der Waals surface area contributed by atoms with Crippen LogP contribution in [-0.2, 0) is 9.63 Å². The van der Waals surface area contributed by atoms with Gasteiger partial charge in [0, 0.05) is 6.42 Å². The van der Waals surface area contributed by atoms with Crippen LogP contribution in [0.4, 0.5) is 4.39 Å². The van der Waals surface area contributed by atoms with E-state index in [0.717, 1.165) is 22.6 Å². The Morgan fingerprint density at radius 3 is 2.50 bits per heavy atom. The standard InChI is InChI=1S/C25H22FN3O3/c1-31-22-13-9-20(10-14-22)24-15-23(19-5-3-2-4-6-19)28-29(24)25(30)17-32-27-16-18-7-11-21(26)12-8-18/h2-14,16,24H,15,17H2,1H3/b27-16+. The summed E-state index contributed by atoms with van der Waals surface area (Å²) in [6.07, 6.45) is 2.01. The average Bonchev–Trinajstić information content (AvgIpc) is 3.29. The summed E-state index contributed by atoms with van der Waals surface area (Å²) in [4.78, 5) is 18.1. The average molecular weight is 431 g/mol. The summed E-state index contributed by atoms with van der Waals surface area (Å²) in [7, 11) is 1.61. The van der Waals surface area contributed by atoms with Gasteiger partial charge in [-0.3, -0.25) is 4.79 Å². The summed E-state index contributed by atoms with van der Waals surface area (Å²) < 4.78 is 18.2. The second kappa shape index (κ2) is 9.87. The maximum atomic E-state index is 13.0. The third-order valence-corrected chi connectivity index (χ3v) is 5.11. The lowest BCUT2D eigenvalue weighted by Gasteiger charge is -2.21. The Balaban J connectivity index is 1.49. The number of carbonyl (C=O) groups is 1. The number of rotatable bonds is 7. The SMILES string of the molecule is COc1ccc(C2CC(c3ccccc3)=NN2C(=O)CO/N=C/c2ccc(F)cc2)cc1. The van der Waals surface area contributed by atoms with Crippen LogP contribution in [-0.4, -0.2) is 36.6 Å². The van der Waals surface area contributed by atoms with Gasteiger partial charge in [-0.05, 0) is 41.0 Å². The molecule has 0 fully saturated rings. The van der Waals surface area contributed by atoms with Gasteiger partial charge >= 0.3 is 0 Å². The molecule has 0 saturated heterocycles. The van der Waals surface area contributed by atoms with Gasteiger partial charge in [0.25, 0.3) is 5.91 Å². The summed E-state index contributed by atoms with van der Waals surface area (Å²) >= 11 is 0. The van der Waals surface area contributed by atoms with E-state index in [1.165, 1.54) is 23.4 Å². The molecule has 7 heteroatoms. The molecule has 0 aliphatic carbocycles. The third kappa shape index (κ3) is 5.00. The van der Waals surface area contributed by atoms with Crippen molar-refractivity contribution in [3.05, 3.63) is 101 Å². The van der Waals surface area contributed by atoms with Gasteiger partial charge in [-0.25, -0.2) is 9.40 Å². The van der Waals surface area contributed by atoms with Gasteiger partial charge < -0.3 is 9.57 Å². The van der Waals surface area contributed by atoms with Crippen LogP contribution in [0, 0.1) is 5.82 Å². The molecule has 3 aromatic rings. The molecule has 3 aromatic carbocycles. The Labute approximate surface area is 185 Å². The number of amides is 1. The lowest BCUT2D eigenvalue weighted by molar-refractivity contribution is -0.137. The number of hydrazone groups is 1. The van der Waals surface area contributed by atoms with E-state index < -0.39 is 0 Å². The van der Waals surface area contributed by atoms with E-state index in [4.69, 9.17) is 9.57 Å². The van der Waals surface area contributed by atoms with E-state index in [2.05, 4.69) is 10.3 Å². The maximum absolute atomic E-state index is 13.0. The van der Waals surface area contributed by atoms with Crippen molar-refractivity contribution in [2.75, 3.05) is 13.7 Å². The number of ether oxygens (including phenoxy) is 1. The predicted molar refractivity (Wildman–Crippen MR) is 120 cm³/mol. The first kappa shape index (κ1) is 21.2. The Kier molecular flexibility index (Phi) is 6.55. The Hall–Kier alpha value is -4.00. The van der Waals surface area contributed by atoms with Gasteiger partial charge in [0.1, 0.15) is 11.6 Å². The maximum Gasteiger partial charge on any atom is 0.283 e. The lowest BCUT2D eigenvalue weighted by Crippen LogP contribution is -2.30. The summed E-state index contributed by atoms with van der Waals surface area (Å²) in [5.41, 5.74) is 3.41. The van der Waals surface area contributed by atoms with E-state index in [0.29, 0.717) is 12.0 Å². The normalized spacial score (nSPS) is 15.6. The molecule has 1 heterocycles. The molecule has 0 aromatic heterocycles. The second-order valence-corrected chi connectivity index (χ2v) is 7.20. The molecule has 1 aliphatic rings. The number of halogens is 1. The van der Waals surface area contributed by atoms with Gasteiger partial charge in [0.15, 0.2) is 6.61 Å². The van der Waals surface area contributed by atoms with E-state index >= 15 is 0 Å². The Morgan fingerprint density at radius 2 is 1.81 bits per heavy atom. The molecule has 0 radical (unpaired) electrons. The number of benzene rings is 3. The minimum Gasteiger partial charge on any atom is -0.497 e. The van der Waals surface area contributed by atoms with Crippen LogP contribution in [0.3, 0.4) is 0 Å². The molecule has 4 rings (SSSR count). The van der Waals surface area contributed by atoms with Crippen molar-refractivity contribution in [1.82, 2.24) is 5.01 Å². The second-order valence-electron chi connectivity index (χ2n) is 7.20. The number of nitrogens with zero attached hydrogens (tertiary/aromatic N) is 3. The first-order valence-electron chi connectivity index (χ1n) is 10.1. The van der Waals surface area contributed by atoms with Gasteiger partial charge in [0.2, 0.25) is 0 Å². The highest BCUT2D eigenvalue weighted by molar-refractivity contribution is 6.03. The number of oxime groups is 1. The van der Waals surface area contributed by atoms with Crippen molar-refractivity contribution in [1.29, 1.82) is 0 Å². The summed E-state index contributed by atoms with van der Waals surface area (Å²) in [6.45, 7) is -0.268. The molecule has 162 valence electrons. The van der Waals surface area contributed by atoms with Crippen LogP contribution in [0.25, 0.3) is 0 Å². The van der Waals surface area contributed by atoms with Crippen LogP contribution in [0.2, 0.25) is 0 Å². The number of hydrogen-bond acceptors (Lipinski definition) is 5. The molecule has 0 saturated carbocycles. The van der Waals surface area contributed by atoms with E-state index in [1.54, 1.807) is 19.2 Å². The van der Waals surface area contributed by atoms with Crippen molar-refractivity contribution >= 4 is 17.8 Å². The Morgan fingerprint density at radius 1 is 1.09 bits per heavy atom. The quantitative estimate of drug-likeness (QED) is 0.407. The molecule has 1 unspecified atom stereocenters. The van der Waals surface area contributed by atoms with Gasteiger partial charge in [-0.15, -0.1) is 0 Å². The zero-order valence-corrected chi connectivity index (χ0v) is 17.5. The molecule has 1 aliphatic heterocycles. The van der Waals surface area contributed by atoms with Gasteiger partial charge in [0.05, 0.1) is 25.1 Å². The van der Waals surface area contributed by atoms with Crippen molar-refractivity contribution in [2.24, 2.45) is 10.3 Å². The molecule has 0 N–H and O–H groups in total.